The number of hydrogen-bond donors (Lipinski definition) is 2. The third-order valence-electron chi connectivity index (χ3n) is 7.00. The van der Waals surface area contributed by atoms with Crippen LogP contribution in [0.25, 0.3) is 27.9 Å². The molecule has 0 unspecified atom stereocenters. The Hall–Kier alpha value is -3.20. The molecular formula is C25H35N9. The van der Waals surface area contributed by atoms with Gasteiger partial charge in [0.25, 0.3) is 0 Å². The molecule has 9 nitrogen and oxygen atoms in total. The van der Waals surface area contributed by atoms with Crippen LogP contribution in [0.4, 0.5) is 11.8 Å². The molecule has 0 aromatic carbocycles. The predicted molar refractivity (Wildman–Crippen MR) is 137 cm³/mol. The number of hydrogen-bond acceptors (Lipinski definition) is 7. The van der Waals surface area contributed by atoms with Crippen molar-refractivity contribution < 1.29 is 0 Å². The van der Waals surface area contributed by atoms with Crippen LogP contribution in [0.5, 0.6) is 0 Å². The monoisotopic (exact) mass is 461 g/mol. The van der Waals surface area contributed by atoms with Crippen LogP contribution in [-0.4, -0.2) is 66.8 Å². The van der Waals surface area contributed by atoms with Gasteiger partial charge in [0, 0.05) is 44.0 Å². The number of fused-ring (bicyclic) bond motifs is 2. The first-order valence-electron chi connectivity index (χ1n) is 12.3. The molecule has 9 heteroatoms. The Morgan fingerprint density at radius 2 is 1.97 bits per heavy atom. The molecule has 2 atom stereocenters. The van der Waals surface area contributed by atoms with Gasteiger partial charge in [0.05, 0.1) is 5.69 Å². The summed E-state index contributed by atoms with van der Waals surface area (Å²) in [6, 6.07) is 6.79. The summed E-state index contributed by atoms with van der Waals surface area (Å²) in [5, 5.41) is 11.7. The minimum atomic E-state index is 0.287. The van der Waals surface area contributed by atoms with Gasteiger partial charge in [-0.15, -0.1) is 5.10 Å². The molecule has 4 aromatic heterocycles. The van der Waals surface area contributed by atoms with Gasteiger partial charge in [-0.25, -0.2) is 14.5 Å². The molecule has 5 heterocycles. The van der Waals surface area contributed by atoms with Crippen molar-refractivity contribution in [2.24, 2.45) is 5.92 Å². The third kappa shape index (κ3) is 3.87. The Kier molecular flexibility index (Phi) is 5.89. The van der Waals surface area contributed by atoms with Crippen LogP contribution in [0.3, 0.4) is 0 Å². The molecule has 1 aliphatic rings. The van der Waals surface area contributed by atoms with Gasteiger partial charge in [-0.2, -0.15) is 4.98 Å². The largest absolute Gasteiger partial charge is 0.371 e. The topological polar surface area (TPSA) is 88.2 Å². The molecular weight excluding hydrogens is 426 g/mol. The van der Waals surface area contributed by atoms with E-state index in [1.54, 1.807) is 0 Å². The average Bonchev–Trinajstić information content (AvgIpc) is 3.39. The van der Waals surface area contributed by atoms with Gasteiger partial charge in [-0.1, -0.05) is 13.8 Å². The molecule has 0 saturated carbocycles. The van der Waals surface area contributed by atoms with Crippen molar-refractivity contribution in [3.63, 3.8) is 0 Å². The van der Waals surface area contributed by atoms with Crippen molar-refractivity contribution in [2.45, 2.75) is 53.1 Å². The van der Waals surface area contributed by atoms with E-state index in [0.29, 0.717) is 17.9 Å². The number of nitrogens with zero attached hydrogens (tertiary/aromatic N) is 7. The maximum absolute atomic E-state index is 5.01. The van der Waals surface area contributed by atoms with E-state index in [0.717, 1.165) is 65.6 Å². The number of anilines is 2. The number of rotatable bonds is 6. The average molecular weight is 462 g/mol. The molecule has 0 amide bonds. The maximum atomic E-state index is 5.01. The summed E-state index contributed by atoms with van der Waals surface area (Å²) in [5.41, 5.74) is 4.62. The quantitative estimate of drug-likeness (QED) is 0.445. The minimum Gasteiger partial charge on any atom is -0.371 e. The van der Waals surface area contributed by atoms with E-state index < -0.39 is 0 Å². The van der Waals surface area contributed by atoms with Crippen LogP contribution in [0.15, 0.2) is 24.4 Å². The molecule has 2 N–H and O–H groups in total. The number of piperidine rings is 1. The molecule has 5 rings (SSSR count). The SMILES string of the molecule is CCN1CC[C@H](Nc2nc(NC)c3c(-c4ccc5nc(C)n(C(C)C)c5n4)ccn3n2)[C@H](C)C1. The second-order valence-corrected chi connectivity index (χ2v) is 9.63. The lowest BCUT2D eigenvalue weighted by Crippen LogP contribution is -2.45. The van der Waals surface area contributed by atoms with Crippen molar-refractivity contribution in [3.8, 4) is 11.3 Å². The molecule has 180 valence electrons. The molecule has 0 bridgehead atoms. The second-order valence-electron chi connectivity index (χ2n) is 9.63. The van der Waals surface area contributed by atoms with E-state index >= 15 is 0 Å². The summed E-state index contributed by atoms with van der Waals surface area (Å²) < 4.78 is 4.08. The lowest BCUT2D eigenvalue weighted by molar-refractivity contribution is 0.179. The standard InChI is InChI=1S/C25H35N9/c1-7-32-12-11-19(16(4)14-32)29-25-30-23(26-6)22-18(10-13-33(22)31-25)20-8-9-21-24(28-20)34(15(2)3)17(5)27-21/h8-10,13,15-16,19H,7,11-12,14H2,1-6H3,(H2,26,29,30,31)/t16-,19+/m1/s1. The molecule has 4 aromatic rings. The Labute approximate surface area is 200 Å². The van der Waals surface area contributed by atoms with Crippen molar-refractivity contribution >= 4 is 28.4 Å². The number of nitrogens with one attached hydrogen (secondary N) is 2. The summed E-state index contributed by atoms with van der Waals surface area (Å²) in [6.07, 6.45) is 3.08. The van der Waals surface area contributed by atoms with E-state index in [1.807, 2.05) is 36.8 Å². The highest BCUT2D eigenvalue weighted by Gasteiger charge is 2.26. The molecule has 1 aliphatic heterocycles. The number of aryl methyl sites for hydroxylation is 1. The zero-order chi connectivity index (χ0) is 24.0. The maximum Gasteiger partial charge on any atom is 0.243 e. The Bertz CT molecular complexity index is 1320. The summed E-state index contributed by atoms with van der Waals surface area (Å²) in [5.74, 6) is 2.95. The van der Waals surface area contributed by atoms with E-state index in [2.05, 4.69) is 58.8 Å². The summed E-state index contributed by atoms with van der Waals surface area (Å²) >= 11 is 0. The molecule has 0 spiro atoms. The first-order chi connectivity index (χ1) is 16.4. The summed E-state index contributed by atoms with van der Waals surface area (Å²) in [7, 11) is 1.90. The van der Waals surface area contributed by atoms with Crippen LogP contribution in [0, 0.1) is 12.8 Å². The number of likely N-dealkylation sites (tertiary alicyclic amines) is 1. The van der Waals surface area contributed by atoms with Crippen LogP contribution >= 0.6 is 0 Å². The zero-order valence-electron chi connectivity index (χ0n) is 21.0. The van der Waals surface area contributed by atoms with Crippen LogP contribution in [0.1, 0.15) is 46.0 Å². The van der Waals surface area contributed by atoms with Gasteiger partial charge in [0.1, 0.15) is 16.9 Å². The minimum absolute atomic E-state index is 0.287. The Morgan fingerprint density at radius 1 is 1.15 bits per heavy atom. The van der Waals surface area contributed by atoms with E-state index in [-0.39, 0.29) is 6.04 Å². The first-order valence-corrected chi connectivity index (χ1v) is 12.3. The number of imidazole rings is 1. The molecule has 1 saturated heterocycles. The fourth-order valence-corrected chi connectivity index (χ4v) is 5.22. The highest BCUT2D eigenvalue weighted by atomic mass is 15.3. The summed E-state index contributed by atoms with van der Waals surface area (Å²) in [4.78, 5) is 17.0. The normalized spacial score (nSPS) is 19.4. The smallest absolute Gasteiger partial charge is 0.243 e. The van der Waals surface area contributed by atoms with Crippen molar-refractivity contribution in [2.75, 3.05) is 37.3 Å². The van der Waals surface area contributed by atoms with Gasteiger partial charge < -0.3 is 20.1 Å². The van der Waals surface area contributed by atoms with Crippen molar-refractivity contribution in [3.05, 3.63) is 30.2 Å². The molecule has 34 heavy (non-hydrogen) atoms. The summed E-state index contributed by atoms with van der Waals surface area (Å²) in [6.45, 7) is 14.2. The predicted octanol–water partition coefficient (Wildman–Crippen LogP) is 4.21. The highest BCUT2D eigenvalue weighted by molar-refractivity contribution is 5.89. The number of aromatic nitrogens is 6. The zero-order valence-corrected chi connectivity index (χ0v) is 21.0. The van der Waals surface area contributed by atoms with Crippen molar-refractivity contribution in [1.82, 2.24) is 34.0 Å². The van der Waals surface area contributed by atoms with Gasteiger partial charge in [-0.3, -0.25) is 0 Å². The third-order valence-corrected chi connectivity index (χ3v) is 7.00. The first kappa shape index (κ1) is 22.6. The van der Waals surface area contributed by atoms with Crippen LogP contribution in [-0.2, 0) is 0 Å². The van der Waals surface area contributed by atoms with Gasteiger partial charge in [0.2, 0.25) is 5.95 Å². The fraction of sp³-hybridized carbons (Fsp3) is 0.520. The fourth-order valence-electron chi connectivity index (χ4n) is 5.22. The Balaban J connectivity index is 1.51. The highest BCUT2D eigenvalue weighted by Crippen LogP contribution is 2.31. The lowest BCUT2D eigenvalue weighted by atomic mass is 9.94. The van der Waals surface area contributed by atoms with E-state index in [1.165, 1.54) is 0 Å². The van der Waals surface area contributed by atoms with Crippen molar-refractivity contribution in [1.29, 1.82) is 0 Å². The molecule has 0 radical (unpaired) electrons. The van der Waals surface area contributed by atoms with Gasteiger partial charge in [-0.05, 0) is 57.9 Å². The van der Waals surface area contributed by atoms with Crippen LogP contribution < -0.4 is 10.6 Å². The van der Waals surface area contributed by atoms with E-state index in [9.17, 15) is 0 Å². The van der Waals surface area contributed by atoms with E-state index in [4.69, 9.17) is 15.1 Å². The van der Waals surface area contributed by atoms with Gasteiger partial charge in [0.15, 0.2) is 11.5 Å². The van der Waals surface area contributed by atoms with Crippen LogP contribution in [0.2, 0.25) is 0 Å². The molecule has 1 fully saturated rings. The Morgan fingerprint density at radius 3 is 2.68 bits per heavy atom. The second kappa shape index (κ2) is 8.87. The number of pyridine rings is 1. The molecule has 0 aliphatic carbocycles. The lowest BCUT2D eigenvalue weighted by Gasteiger charge is -2.36. The van der Waals surface area contributed by atoms with Gasteiger partial charge >= 0.3 is 0 Å².